The van der Waals surface area contributed by atoms with Crippen molar-refractivity contribution in [3.8, 4) is 17.0 Å². The molecule has 0 radical (unpaired) electrons. The molecule has 0 unspecified atom stereocenters. The predicted molar refractivity (Wildman–Crippen MR) is 83.0 cm³/mol. The maximum atomic E-state index is 13.5. The number of hydrogen-bond donors (Lipinski definition) is 0. The maximum absolute atomic E-state index is 13.5. The van der Waals surface area contributed by atoms with Crippen molar-refractivity contribution in [2.75, 3.05) is 13.2 Å². The molecule has 2 heterocycles. The van der Waals surface area contributed by atoms with Crippen LogP contribution in [0.25, 0.3) is 11.1 Å². The minimum absolute atomic E-state index is 0.120. The zero-order valence-corrected chi connectivity index (χ0v) is 13.7. The Morgan fingerprint density at radius 3 is 2.59 bits per heavy atom. The molecular formula is C17H13F5N2O3. The summed E-state index contributed by atoms with van der Waals surface area (Å²) in [6, 6.07) is 4.48. The lowest BCUT2D eigenvalue weighted by Gasteiger charge is -2.16. The van der Waals surface area contributed by atoms with E-state index < -0.39 is 36.4 Å². The number of alkyl halides is 4. The van der Waals surface area contributed by atoms with Crippen molar-refractivity contribution >= 4 is 6.09 Å². The minimum atomic E-state index is -3.14. The maximum Gasteiger partial charge on any atom is 0.410 e. The van der Waals surface area contributed by atoms with Crippen LogP contribution in [0.5, 0.6) is 5.88 Å². The standard InChI is InChI=1S/C17H13F5N2O3/c18-13-2-1-9(6-12(13)14(19)20)10-5-11(8-24-3-4-26-17(24)25)15(23-7-10)27-16(21)22/h1-2,5-7,14,16H,3-4,8H2. The van der Waals surface area contributed by atoms with Gasteiger partial charge in [0.15, 0.2) is 0 Å². The minimum Gasteiger partial charge on any atom is -0.448 e. The third-order valence-corrected chi connectivity index (χ3v) is 3.90. The van der Waals surface area contributed by atoms with Crippen molar-refractivity contribution in [1.82, 2.24) is 9.88 Å². The summed E-state index contributed by atoms with van der Waals surface area (Å²) < 4.78 is 73.7. The van der Waals surface area contributed by atoms with E-state index in [4.69, 9.17) is 4.74 Å². The van der Waals surface area contributed by atoms with Gasteiger partial charge in [0.25, 0.3) is 6.43 Å². The molecule has 1 aromatic carbocycles. The van der Waals surface area contributed by atoms with E-state index in [1.54, 1.807) is 0 Å². The first kappa shape index (κ1) is 18.9. The van der Waals surface area contributed by atoms with Gasteiger partial charge >= 0.3 is 12.7 Å². The summed E-state index contributed by atoms with van der Waals surface area (Å²) in [4.78, 5) is 16.6. The molecule has 1 aliphatic heterocycles. The molecule has 1 aromatic heterocycles. The third-order valence-electron chi connectivity index (χ3n) is 3.90. The number of halogens is 5. The number of hydrogen-bond acceptors (Lipinski definition) is 4. The zero-order chi connectivity index (χ0) is 19.6. The number of cyclic esters (lactones) is 1. The van der Waals surface area contributed by atoms with E-state index in [9.17, 15) is 26.7 Å². The molecule has 1 saturated heterocycles. The summed E-state index contributed by atoms with van der Waals surface area (Å²) in [5, 5.41) is 0. The third kappa shape index (κ3) is 4.26. The second kappa shape index (κ2) is 7.77. The van der Waals surface area contributed by atoms with E-state index in [1.165, 1.54) is 17.0 Å². The highest BCUT2D eigenvalue weighted by Gasteiger charge is 2.25. The van der Waals surface area contributed by atoms with Crippen LogP contribution in [0.3, 0.4) is 0 Å². The van der Waals surface area contributed by atoms with Gasteiger partial charge in [0.05, 0.1) is 18.7 Å². The van der Waals surface area contributed by atoms with Gasteiger partial charge in [-0.3, -0.25) is 0 Å². The number of benzene rings is 1. The smallest absolute Gasteiger partial charge is 0.410 e. The summed E-state index contributed by atoms with van der Waals surface area (Å²) in [7, 11) is 0. The van der Waals surface area contributed by atoms with Gasteiger partial charge < -0.3 is 14.4 Å². The molecule has 0 atom stereocenters. The Labute approximate surface area is 150 Å². The Bertz CT molecular complexity index is 847. The van der Waals surface area contributed by atoms with Gasteiger partial charge in [0.2, 0.25) is 5.88 Å². The topological polar surface area (TPSA) is 51.7 Å². The first-order valence-corrected chi connectivity index (χ1v) is 7.78. The van der Waals surface area contributed by atoms with E-state index in [0.29, 0.717) is 0 Å². The van der Waals surface area contributed by atoms with Gasteiger partial charge in [0.1, 0.15) is 12.4 Å². The molecule has 0 aliphatic carbocycles. The van der Waals surface area contributed by atoms with E-state index in [2.05, 4.69) is 9.72 Å². The van der Waals surface area contributed by atoms with Gasteiger partial charge in [-0.25, -0.2) is 22.9 Å². The number of rotatable bonds is 6. The van der Waals surface area contributed by atoms with E-state index in [1.807, 2.05) is 0 Å². The Balaban J connectivity index is 1.98. The summed E-state index contributed by atoms with van der Waals surface area (Å²) >= 11 is 0. The molecule has 1 aliphatic rings. The normalized spacial score (nSPS) is 14.2. The van der Waals surface area contributed by atoms with Gasteiger partial charge in [-0.2, -0.15) is 8.78 Å². The summed E-state index contributed by atoms with van der Waals surface area (Å²) in [6.07, 6.45) is -2.49. The quantitative estimate of drug-likeness (QED) is 0.690. The van der Waals surface area contributed by atoms with Crippen molar-refractivity contribution in [3.05, 3.63) is 47.4 Å². The van der Waals surface area contributed by atoms with Gasteiger partial charge in [-0.05, 0) is 23.8 Å². The van der Waals surface area contributed by atoms with Crippen LogP contribution in [0.4, 0.5) is 26.7 Å². The number of pyridine rings is 1. The molecule has 1 amide bonds. The highest BCUT2D eigenvalue weighted by molar-refractivity contribution is 5.70. The Morgan fingerprint density at radius 2 is 1.96 bits per heavy atom. The average Bonchev–Trinajstić information content (AvgIpc) is 3.01. The van der Waals surface area contributed by atoms with Crippen LogP contribution in [0.2, 0.25) is 0 Å². The molecule has 0 bridgehead atoms. The number of aromatic nitrogens is 1. The molecule has 27 heavy (non-hydrogen) atoms. The highest BCUT2D eigenvalue weighted by atomic mass is 19.3. The van der Waals surface area contributed by atoms with Crippen molar-refractivity contribution in [3.63, 3.8) is 0 Å². The second-order valence-corrected chi connectivity index (χ2v) is 5.64. The molecule has 10 heteroatoms. The van der Waals surface area contributed by atoms with Crippen molar-refractivity contribution in [2.45, 2.75) is 19.6 Å². The molecular weight excluding hydrogens is 375 g/mol. The van der Waals surface area contributed by atoms with Crippen LogP contribution in [0.15, 0.2) is 30.5 Å². The van der Waals surface area contributed by atoms with Crippen LogP contribution in [-0.4, -0.2) is 35.7 Å². The van der Waals surface area contributed by atoms with E-state index in [-0.39, 0.29) is 36.4 Å². The number of carbonyl (C=O) groups is 1. The highest BCUT2D eigenvalue weighted by Crippen LogP contribution is 2.31. The average molecular weight is 388 g/mol. The molecule has 3 rings (SSSR count). The first-order chi connectivity index (χ1) is 12.8. The van der Waals surface area contributed by atoms with Crippen LogP contribution >= 0.6 is 0 Å². The van der Waals surface area contributed by atoms with Crippen molar-refractivity contribution in [1.29, 1.82) is 0 Å². The Hall–Kier alpha value is -2.91. The number of amides is 1. The van der Waals surface area contributed by atoms with Gasteiger partial charge in [0, 0.05) is 17.3 Å². The largest absolute Gasteiger partial charge is 0.448 e. The summed E-state index contributed by atoms with van der Waals surface area (Å²) in [5.41, 5.74) is -0.159. The summed E-state index contributed by atoms with van der Waals surface area (Å²) in [5.74, 6) is -1.45. The van der Waals surface area contributed by atoms with E-state index in [0.717, 1.165) is 18.3 Å². The number of nitrogens with zero attached hydrogens (tertiary/aromatic N) is 2. The lowest BCUT2D eigenvalue weighted by molar-refractivity contribution is -0.0537. The van der Waals surface area contributed by atoms with E-state index >= 15 is 0 Å². The fraction of sp³-hybridized carbons (Fsp3) is 0.294. The van der Waals surface area contributed by atoms with Crippen LogP contribution in [-0.2, 0) is 11.3 Å². The summed E-state index contributed by atoms with van der Waals surface area (Å²) in [6.45, 7) is -2.84. The SMILES string of the molecule is O=C1OCCN1Cc1cc(-c2ccc(F)c(C(F)F)c2)cnc1OC(F)F. The molecule has 2 aromatic rings. The lowest BCUT2D eigenvalue weighted by Crippen LogP contribution is -2.24. The molecule has 144 valence electrons. The molecule has 0 saturated carbocycles. The molecule has 0 spiro atoms. The first-order valence-electron chi connectivity index (χ1n) is 7.78. The fourth-order valence-corrected chi connectivity index (χ4v) is 2.62. The van der Waals surface area contributed by atoms with Crippen LogP contribution in [0, 0.1) is 5.82 Å². The monoisotopic (exact) mass is 388 g/mol. The van der Waals surface area contributed by atoms with Crippen LogP contribution < -0.4 is 4.74 Å². The van der Waals surface area contributed by atoms with Crippen molar-refractivity contribution in [2.24, 2.45) is 0 Å². The molecule has 5 nitrogen and oxygen atoms in total. The lowest BCUT2D eigenvalue weighted by atomic mass is 10.0. The van der Waals surface area contributed by atoms with Gasteiger partial charge in [-0.1, -0.05) is 6.07 Å². The van der Waals surface area contributed by atoms with Crippen molar-refractivity contribution < 1.29 is 36.2 Å². The fourth-order valence-electron chi connectivity index (χ4n) is 2.62. The number of carbonyl (C=O) groups excluding carboxylic acids is 1. The molecule has 0 N–H and O–H groups in total. The predicted octanol–water partition coefficient (Wildman–Crippen LogP) is 4.38. The van der Waals surface area contributed by atoms with Crippen LogP contribution in [0.1, 0.15) is 17.6 Å². The van der Waals surface area contributed by atoms with Gasteiger partial charge in [-0.15, -0.1) is 0 Å². The molecule has 1 fully saturated rings. The Kier molecular flexibility index (Phi) is 5.43. The Morgan fingerprint density at radius 1 is 1.19 bits per heavy atom. The zero-order valence-electron chi connectivity index (χ0n) is 13.7. The number of ether oxygens (including phenoxy) is 2. The second-order valence-electron chi connectivity index (χ2n) is 5.64.